The Kier molecular flexibility index (Phi) is 2.74. The summed E-state index contributed by atoms with van der Waals surface area (Å²) in [6, 6.07) is 8.10. The molecule has 0 aliphatic carbocycles. The van der Waals surface area contributed by atoms with Gasteiger partial charge in [-0.15, -0.1) is 0 Å². The van der Waals surface area contributed by atoms with Crippen molar-refractivity contribution in [1.82, 2.24) is 14.8 Å². The standard InChI is InChI=1S/C13H14BrN3/c1-9-5-4-8-17-13(9)15-12(16-17)10-6-2-3-7-11(10)14/h2-3,6-7,9H,4-5,8H2,1H3. The van der Waals surface area contributed by atoms with Crippen molar-refractivity contribution in [2.45, 2.75) is 32.2 Å². The fraction of sp³-hybridized carbons (Fsp3) is 0.385. The van der Waals surface area contributed by atoms with Crippen LogP contribution in [0.25, 0.3) is 11.4 Å². The second-order valence-electron chi connectivity index (χ2n) is 4.54. The van der Waals surface area contributed by atoms with Gasteiger partial charge < -0.3 is 0 Å². The largest absolute Gasteiger partial charge is 0.249 e. The molecule has 0 fully saturated rings. The first-order valence-corrected chi connectivity index (χ1v) is 6.74. The van der Waals surface area contributed by atoms with Crippen molar-refractivity contribution in [2.24, 2.45) is 0 Å². The van der Waals surface area contributed by atoms with Crippen LogP contribution in [0.5, 0.6) is 0 Å². The van der Waals surface area contributed by atoms with Gasteiger partial charge in [-0.25, -0.2) is 9.67 Å². The van der Waals surface area contributed by atoms with Gasteiger partial charge in [0, 0.05) is 22.5 Å². The van der Waals surface area contributed by atoms with E-state index in [1.54, 1.807) is 0 Å². The first-order valence-electron chi connectivity index (χ1n) is 5.95. The smallest absolute Gasteiger partial charge is 0.182 e. The van der Waals surface area contributed by atoms with Crippen molar-refractivity contribution >= 4 is 15.9 Å². The lowest BCUT2D eigenvalue weighted by Crippen LogP contribution is -2.14. The maximum Gasteiger partial charge on any atom is 0.182 e. The number of aromatic nitrogens is 3. The molecular weight excluding hydrogens is 278 g/mol. The SMILES string of the molecule is CC1CCCn2nc(-c3ccccc3Br)nc21. The monoisotopic (exact) mass is 291 g/mol. The van der Waals surface area contributed by atoms with E-state index in [9.17, 15) is 0 Å². The van der Waals surface area contributed by atoms with Gasteiger partial charge in [-0.3, -0.25) is 0 Å². The number of rotatable bonds is 1. The summed E-state index contributed by atoms with van der Waals surface area (Å²) in [6.45, 7) is 3.22. The summed E-state index contributed by atoms with van der Waals surface area (Å²) in [5.41, 5.74) is 1.07. The Hall–Kier alpha value is -1.16. The average Bonchev–Trinajstić information content (AvgIpc) is 2.75. The molecule has 4 heteroatoms. The number of nitrogens with zero attached hydrogens (tertiary/aromatic N) is 3. The number of hydrogen-bond acceptors (Lipinski definition) is 2. The minimum absolute atomic E-state index is 0.521. The zero-order chi connectivity index (χ0) is 11.8. The summed E-state index contributed by atoms with van der Waals surface area (Å²) in [4.78, 5) is 4.68. The van der Waals surface area contributed by atoms with Crippen LogP contribution >= 0.6 is 15.9 Å². The molecule has 0 saturated carbocycles. The molecule has 3 rings (SSSR count). The fourth-order valence-corrected chi connectivity index (χ4v) is 2.78. The third-order valence-corrected chi connectivity index (χ3v) is 3.95. The number of hydrogen-bond donors (Lipinski definition) is 0. The predicted octanol–water partition coefficient (Wildman–Crippen LogP) is 3.60. The van der Waals surface area contributed by atoms with E-state index >= 15 is 0 Å². The third-order valence-electron chi connectivity index (χ3n) is 3.26. The molecule has 1 aromatic carbocycles. The normalized spacial score (nSPS) is 19.1. The second-order valence-corrected chi connectivity index (χ2v) is 5.39. The molecule has 1 aromatic heterocycles. The molecule has 88 valence electrons. The lowest BCUT2D eigenvalue weighted by Gasteiger charge is -2.17. The van der Waals surface area contributed by atoms with Crippen LogP contribution in [0, 0.1) is 0 Å². The number of aryl methyl sites for hydroxylation is 1. The Labute approximate surface area is 109 Å². The van der Waals surface area contributed by atoms with Crippen LogP contribution < -0.4 is 0 Å². The van der Waals surface area contributed by atoms with Crippen LogP contribution in [0.4, 0.5) is 0 Å². The molecule has 0 bridgehead atoms. The molecule has 17 heavy (non-hydrogen) atoms. The molecule has 2 heterocycles. The Bertz CT molecular complexity index is 547. The zero-order valence-corrected chi connectivity index (χ0v) is 11.3. The van der Waals surface area contributed by atoms with Gasteiger partial charge in [-0.1, -0.05) is 35.0 Å². The molecule has 0 N–H and O–H groups in total. The summed E-state index contributed by atoms with van der Waals surface area (Å²) in [6.07, 6.45) is 2.42. The van der Waals surface area contributed by atoms with E-state index in [2.05, 4.69) is 43.7 Å². The van der Waals surface area contributed by atoms with Gasteiger partial charge in [0.05, 0.1) is 0 Å². The van der Waals surface area contributed by atoms with Gasteiger partial charge >= 0.3 is 0 Å². The van der Waals surface area contributed by atoms with Gasteiger partial charge in [-0.2, -0.15) is 5.10 Å². The number of benzene rings is 1. The van der Waals surface area contributed by atoms with E-state index in [-0.39, 0.29) is 0 Å². The molecule has 3 nitrogen and oxygen atoms in total. The van der Waals surface area contributed by atoms with Gasteiger partial charge in [0.15, 0.2) is 5.82 Å². The molecular formula is C13H14BrN3. The molecule has 2 aromatic rings. The Morgan fingerprint density at radius 1 is 1.35 bits per heavy atom. The predicted molar refractivity (Wildman–Crippen MR) is 70.8 cm³/mol. The molecule has 0 spiro atoms. The molecule has 1 aliphatic heterocycles. The highest BCUT2D eigenvalue weighted by molar-refractivity contribution is 9.10. The maximum atomic E-state index is 4.68. The second kappa shape index (κ2) is 4.26. The van der Waals surface area contributed by atoms with Crippen molar-refractivity contribution in [3.8, 4) is 11.4 Å². The van der Waals surface area contributed by atoms with E-state index in [4.69, 9.17) is 0 Å². The van der Waals surface area contributed by atoms with E-state index in [0.717, 1.165) is 28.2 Å². The van der Waals surface area contributed by atoms with Crippen molar-refractivity contribution in [3.05, 3.63) is 34.6 Å². The first-order chi connectivity index (χ1) is 8.25. The van der Waals surface area contributed by atoms with E-state index in [0.29, 0.717) is 5.92 Å². The molecule has 1 unspecified atom stereocenters. The highest BCUT2D eigenvalue weighted by Crippen LogP contribution is 2.30. The average molecular weight is 292 g/mol. The van der Waals surface area contributed by atoms with Gasteiger partial charge in [0.25, 0.3) is 0 Å². The van der Waals surface area contributed by atoms with Crippen LogP contribution in [-0.4, -0.2) is 14.8 Å². The van der Waals surface area contributed by atoms with Gasteiger partial charge in [0.1, 0.15) is 5.82 Å². The minimum atomic E-state index is 0.521. The van der Waals surface area contributed by atoms with Crippen molar-refractivity contribution in [1.29, 1.82) is 0 Å². The lowest BCUT2D eigenvalue weighted by atomic mass is 10.0. The van der Waals surface area contributed by atoms with Crippen LogP contribution in [0.15, 0.2) is 28.7 Å². The molecule has 0 amide bonds. The first kappa shape index (κ1) is 11.0. The number of halogens is 1. The summed E-state index contributed by atoms with van der Waals surface area (Å²) in [7, 11) is 0. The highest BCUT2D eigenvalue weighted by Gasteiger charge is 2.21. The van der Waals surface area contributed by atoms with Gasteiger partial charge in [-0.05, 0) is 25.0 Å². The molecule has 1 atom stereocenters. The zero-order valence-electron chi connectivity index (χ0n) is 9.73. The molecule has 1 aliphatic rings. The molecule has 0 radical (unpaired) electrons. The Balaban J connectivity index is 2.08. The number of fused-ring (bicyclic) bond motifs is 1. The van der Waals surface area contributed by atoms with Crippen molar-refractivity contribution in [3.63, 3.8) is 0 Å². The summed E-state index contributed by atoms with van der Waals surface area (Å²) in [5.74, 6) is 2.48. The van der Waals surface area contributed by atoms with E-state index in [1.807, 2.05) is 18.2 Å². The van der Waals surface area contributed by atoms with Crippen LogP contribution in [0.3, 0.4) is 0 Å². The highest BCUT2D eigenvalue weighted by atomic mass is 79.9. The quantitative estimate of drug-likeness (QED) is 0.804. The van der Waals surface area contributed by atoms with Crippen LogP contribution in [0.2, 0.25) is 0 Å². The maximum absolute atomic E-state index is 4.68. The lowest BCUT2D eigenvalue weighted by molar-refractivity contribution is 0.432. The van der Waals surface area contributed by atoms with Crippen molar-refractivity contribution in [2.75, 3.05) is 0 Å². The minimum Gasteiger partial charge on any atom is -0.249 e. The summed E-state index contributed by atoms with van der Waals surface area (Å²) in [5, 5.41) is 4.61. The van der Waals surface area contributed by atoms with Crippen LogP contribution in [-0.2, 0) is 6.54 Å². The van der Waals surface area contributed by atoms with Crippen molar-refractivity contribution < 1.29 is 0 Å². The molecule has 0 saturated heterocycles. The summed E-state index contributed by atoms with van der Waals surface area (Å²) >= 11 is 3.55. The summed E-state index contributed by atoms with van der Waals surface area (Å²) < 4.78 is 3.11. The van der Waals surface area contributed by atoms with E-state index in [1.165, 1.54) is 12.8 Å². The van der Waals surface area contributed by atoms with Gasteiger partial charge in [0.2, 0.25) is 0 Å². The fourth-order valence-electron chi connectivity index (χ4n) is 2.32. The Morgan fingerprint density at radius 2 is 2.18 bits per heavy atom. The third kappa shape index (κ3) is 1.90. The Morgan fingerprint density at radius 3 is 2.94 bits per heavy atom. The van der Waals surface area contributed by atoms with Crippen LogP contribution in [0.1, 0.15) is 31.5 Å². The van der Waals surface area contributed by atoms with E-state index < -0.39 is 0 Å². The topological polar surface area (TPSA) is 30.7 Å².